The Morgan fingerprint density at radius 3 is 2.65 bits per heavy atom. The first-order valence-electron chi connectivity index (χ1n) is 6.21. The Bertz CT molecular complexity index is 413. The van der Waals surface area contributed by atoms with Gasteiger partial charge >= 0.3 is 0 Å². The normalized spacial score (nSPS) is 17.2. The molecule has 0 bridgehead atoms. The van der Waals surface area contributed by atoms with Gasteiger partial charge in [0.05, 0.1) is 17.7 Å². The zero-order valence-corrected chi connectivity index (χ0v) is 12.0. The lowest BCUT2D eigenvalue weighted by Crippen LogP contribution is -2.03. The molecule has 2 nitrogen and oxygen atoms in total. The van der Waals surface area contributed by atoms with Gasteiger partial charge in [0.25, 0.3) is 0 Å². The summed E-state index contributed by atoms with van der Waals surface area (Å²) >= 11 is 3.64. The van der Waals surface area contributed by atoms with Crippen LogP contribution in [0.5, 0.6) is 5.75 Å². The quantitative estimate of drug-likeness (QED) is 0.842. The number of aliphatic hydroxyl groups is 1. The van der Waals surface area contributed by atoms with E-state index in [1.54, 1.807) is 14.0 Å². The minimum Gasteiger partial charge on any atom is -0.495 e. The molecule has 1 unspecified atom stereocenters. The van der Waals surface area contributed by atoms with Gasteiger partial charge in [0.15, 0.2) is 0 Å². The number of rotatable bonds is 2. The van der Waals surface area contributed by atoms with Crippen molar-refractivity contribution in [1.29, 1.82) is 0 Å². The summed E-state index contributed by atoms with van der Waals surface area (Å²) in [7, 11) is 1.66. The van der Waals surface area contributed by atoms with Gasteiger partial charge in [0.2, 0.25) is 0 Å². The molecule has 1 atom stereocenters. The van der Waals surface area contributed by atoms with Crippen LogP contribution in [0.25, 0.3) is 0 Å². The first kappa shape index (κ1) is 12.9. The second kappa shape index (κ2) is 5.40. The van der Waals surface area contributed by atoms with E-state index in [-0.39, 0.29) is 0 Å². The maximum atomic E-state index is 9.83. The molecule has 0 spiro atoms. The van der Waals surface area contributed by atoms with Crippen LogP contribution < -0.4 is 4.74 Å². The molecular formula is C14H19BrO2. The molecule has 94 valence electrons. The van der Waals surface area contributed by atoms with Crippen molar-refractivity contribution in [3.63, 3.8) is 0 Å². The summed E-state index contributed by atoms with van der Waals surface area (Å²) < 4.78 is 6.47. The lowest BCUT2D eigenvalue weighted by Gasteiger charge is -2.18. The van der Waals surface area contributed by atoms with Crippen LogP contribution in [0.15, 0.2) is 10.5 Å². The third-order valence-electron chi connectivity index (χ3n) is 3.47. The molecule has 0 fully saturated rings. The van der Waals surface area contributed by atoms with E-state index in [4.69, 9.17) is 4.74 Å². The number of halogens is 1. The number of methoxy groups -OCH3 is 1. The van der Waals surface area contributed by atoms with Gasteiger partial charge in [-0.1, -0.05) is 6.42 Å². The fraction of sp³-hybridized carbons (Fsp3) is 0.571. The predicted molar refractivity (Wildman–Crippen MR) is 72.6 cm³/mol. The second-order valence-electron chi connectivity index (χ2n) is 4.69. The molecule has 17 heavy (non-hydrogen) atoms. The van der Waals surface area contributed by atoms with Crippen LogP contribution in [0.3, 0.4) is 0 Å². The number of fused-ring (bicyclic) bond motifs is 1. The van der Waals surface area contributed by atoms with Gasteiger partial charge < -0.3 is 9.84 Å². The summed E-state index contributed by atoms with van der Waals surface area (Å²) in [4.78, 5) is 0. The van der Waals surface area contributed by atoms with Crippen molar-refractivity contribution in [2.24, 2.45) is 0 Å². The van der Waals surface area contributed by atoms with E-state index in [1.165, 1.54) is 30.4 Å². The smallest absolute Gasteiger partial charge is 0.139 e. The van der Waals surface area contributed by atoms with Crippen LogP contribution in [0.1, 0.15) is 49.0 Å². The molecule has 1 aromatic carbocycles. The minimum atomic E-state index is -0.491. The maximum Gasteiger partial charge on any atom is 0.139 e. The molecule has 3 heteroatoms. The van der Waals surface area contributed by atoms with Gasteiger partial charge in [-0.2, -0.15) is 0 Å². The van der Waals surface area contributed by atoms with Crippen LogP contribution in [0, 0.1) is 0 Å². The number of hydrogen-bond acceptors (Lipinski definition) is 2. The van der Waals surface area contributed by atoms with Crippen molar-refractivity contribution in [3.05, 3.63) is 27.2 Å². The summed E-state index contributed by atoms with van der Waals surface area (Å²) in [5, 5.41) is 9.83. The molecule has 0 amide bonds. The number of hydrogen-bond donors (Lipinski definition) is 1. The number of aryl methyl sites for hydroxylation is 1. The molecule has 1 N–H and O–H groups in total. The van der Waals surface area contributed by atoms with Crippen LogP contribution in [-0.4, -0.2) is 12.2 Å². The van der Waals surface area contributed by atoms with E-state index < -0.39 is 6.10 Å². The highest BCUT2D eigenvalue weighted by atomic mass is 79.9. The molecule has 2 rings (SSSR count). The lowest BCUT2D eigenvalue weighted by molar-refractivity contribution is 0.194. The van der Waals surface area contributed by atoms with Crippen LogP contribution >= 0.6 is 15.9 Å². The van der Waals surface area contributed by atoms with Crippen LogP contribution in [-0.2, 0) is 12.8 Å². The van der Waals surface area contributed by atoms with E-state index in [2.05, 4.69) is 22.0 Å². The van der Waals surface area contributed by atoms with E-state index in [9.17, 15) is 5.11 Å². The maximum absolute atomic E-state index is 9.83. The molecular weight excluding hydrogens is 280 g/mol. The highest BCUT2D eigenvalue weighted by molar-refractivity contribution is 9.10. The Hall–Kier alpha value is -0.540. The van der Waals surface area contributed by atoms with Crippen molar-refractivity contribution >= 4 is 15.9 Å². The van der Waals surface area contributed by atoms with Crippen molar-refractivity contribution in [2.45, 2.75) is 45.1 Å². The molecule has 1 aliphatic rings. The molecule has 0 aliphatic heterocycles. The summed E-state index contributed by atoms with van der Waals surface area (Å²) in [6.45, 7) is 1.79. The van der Waals surface area contributed by atoms with E-state index >= 15 is 0 Å². The monoisotopic (exact) mass is 298 g/mol. The summed E-state index contributed by atoms with van der Waals surface area (Å²) in [5.41, 5.74) is 3.62. The van der Waals surface area contributed by atoms with Crippen molar-refractivity contribution < 1.29 is 9.84 Å². The summed E-state index contributed by atoms with van der Waals surface area (Å²) in [5.74, 6) is 0.792. The van der Waals surface area contributed by atoms with Crippen molar-refractivity contribution in [1.82, 2.24) is 0 Å². The third kappa shape index (κ3) is 2.50. The molecule has 0 saturated carbocycles. The first-order chi connectivity index (χ1) is 8.15. The molecule has 0 saturated heterocycles. The highest BCUT2D eigenvalue weighted by Crippen LogP contribution is 2.40. The van der Waals surface area contributed by atoms with E-state index in [1.807, 2.05) is 0 Å². The third-order valence-corrected chi connectivity index (χ3v) is 4.31. The zero-order valence-electron chi connectivity index (χ0n) is 10.4. The highest BCUT2D eigenvalue weighted by Gasteiger charge is 2.20. The van der Waals surface area contributed by atoms with Gasteiger partial charge in [0, 0.05) is 5.56 Å². The van der Waals surface area contributed by atoms with E-state index in [0.29, 0.717) is 0 Å². The standard InChI is InChI=1S/C14H19BrO2/c1-9(16)12-8-10-6-4-3-5-7-11(10)13(15)14(12)17-2/h8-9,16H,3-7H2,1-2H3. The van der Waals surface area contributed by atoms with Crippen molar-refractivity contribution in [3.8, 4) is 5.75 Å². The molecule has 0 heterocycles. The molecule has 1 aromatic rings. The van der Waals surface area contributed by atoms with Crippen LogP contribution in [0.4, 0.5) is 0 Å². The Morgan fingerprint density at radius 2 is 2.00 bits per heavy atom. The Kier molecular flexibility index (Phi) is 4.10. The topological polar surface area (TPSA) is 29.5 Å². The fourth-order valence-corrected chi connectivity index (χ4v) is 3.39. The van der Waals surface area contributed by atoms with Gasteiger partial charge in [0.1, 0.15) is 5.75 Å². The molecule has 0 aromatic heterocycles. The zero-order chi connectivity index (χ0) is 12.4. The van der Waals surface area contributed by atoms with Gasteiger partial charge in [-0.15, -0.1) is 0 Å². The SMILES string of the molecule is COc1c(C(C)O)cc2c(c1Br)CCCCC2. The van der Waals surface area contributed by atoms with Crippen LogP contribution in [0.2, 0.25) is 0 Å². The first-order valence-corrected chi connectivity index (χ1v) is 7.00. The van der Waals surface area contributed by atoms with Gasteiger partial charge in [-0.25, -0.2) is 0 Å². The largest absolute Gasteiger partial charge is 0.495 e. The number of benzene rings is 1. The van der Waals surface area contributed by atoms with E-state index in [0.717, 1.165) is 28.6 Å². The number of ether oxygens (including phenoxy) is 1. The average molecular weight is 299 g/mol. The molecule has 0 radical (unpaired) electrons. The Morgan fingerprint density at radius 1 is 1.29 bits per heavy atom. The summed E-state index contributed by atoms with van der Waals surface area (Å²) in [6, 6.07) is 2.12. The summed E-state index contributed by atoms with van der Waals surface area (Å²) in [6.07, 6.45) is 5.49. The van der Waals surface area contributed by atoms with Gasteiger partial charge in [-0.3, -0.25) is 0 Å². The Balaban J connectivity index is 2.57. The van der Waals surface area contributed by atoms with Gasteiger partial charge in [-0.05, 0) is 65.7 Å². The molecule has 1 aliphatic carbocycles. The second-order valence-corrected chi connectivity index (χ2v) is 5.48. The number of aliphatic hydroxyl groups excluding tert-OH is 1. The van der Waals surface area contributed by atoms with Crippen molar-refractivity contribution in [2.75, 3.05) is 7.11 Å². The minimum absolute atomic E-state index is 0.491. The average Bonchev–Trinajstić information content (AvgIpc) is 2.54. The predicted octanol–water partition coefficient (Wildman–Crippen LogP) is 3.78. The fourth-order valence-electron chi connectivity index (χ4n) is 2.55. The Labute approximate surface area is 111 Å². The lowest BCUT2D eigenvalue weighted by atomic mass is 9.97.